The summed E-state index contributed by atoms with van der Waals surface area (Å²) in [4.78, 5) is 33.7. The number of hydrogen-bond acceptors (Lipinski definition) is 6. The van der Waals surface area contributed by atoms with E-state index in [1.165, 1.54) is 5.56 Å². The third-order valence-corrected chi connectivity index (χ3v) is 5.51. The first-order chi connectivity index (χ1) is 13.0. The number of cyclic esters (lactones) is 1. The number of aldehydes is 1. The summed E-state index contributed by atoms with van der Waals surface area (Å²) in [5, 5.41) is 3.28. The number of carbonyl (C=O) groups excluding carboxylic acids is 3. The second kappa shape index (κ2) is 9.62. The van der Waals surface area contributed by atoms with E-state index in [0.717, 1.165) is 38.9 Å². The van der Waals surface area contributed by atoms with Crippen molar-refractivity contribution in [3.05, 3.63) is 35.9 Å². The van der Waals surface area contributed by atoms with E-state index in [1.807, 2.05) is 25.0 Å². The van der Waals surface area contributed by atoms with Gasteiger partial charge in [0.15, 0.2) is 0 Å². The highest BCUT2D eigenvalue weighted by atomic mass is 16.6. The van der Waals surface area contributed by atoms with Crippen molar-refractivity contribution < 1.29 is 19.1 Å². The van der Waals surface area contributed by atoms with Gasteiger partial charge in [0, 0.05) is 44.6 Å². The van der Waals surface area contributed by atoms with Gasteiger partial charge in [-0.05, 0) is 19.0 Å². The van der Waals surface area contributed by atoms with Crippen LogP contribution in [0.25, 0.3) is 0 Å². The normalized spacial score (nSPS) is 25.6. The molecule has 0 saturated carbocycles. The number of likely N-dealkylation sites (tertiary alicyclic amines) is 1. The lowest BCUT2D eigenvalue weighted by molar-refractivity contribution is -0.117. The first-order valence-electron chi connectivity index (χ1n) is 9.11. The lowest BCUT2D eigenvalue weighted by Crippen LogP contribution is -2.58. The monoisotopic (exact) mass is 375 g/mol. The largest absolute Gasteiger partial charge is 0.447 e. The van der Waals surface area contributed by atoms with Gasteiger partial charge in [-0.15, -0.1) is 0 Å². The highest BCUT2D eigenvalue weighted by Gasteiger charge is 2.50. The predicted octanol–water partition coefficient (Wildman–Crippen LogP) is 0.831. The van der Waals surface area contributed by atoms with Gasteiger partial charge >= 0.3 is 6.09 Å². The molecule has 0 bridgehead atoms. The molecule has 1 spiro atoms. The molecular formula is C20H29N3O4. The number of nitrogens with zero attached hydrogens (tertiary/aromatic N) is 2. The fourth-order valence-electron chi connectivity index (χ4n) is 4.00. The van der Waals surface area contributed by atoms with E-state index in [-0.39, 0.29) is 18.1 Å². The molecule has 3 heterocycles. The van der Waals surface area contributed by atoms with E-state index in [9.17, 15) is 9.59 Å². The van der Waals surface area contributed by atoms with Crippen LogP contribution in [-0.4, -0.2) is 81.9 Å². The van der Waals surface area contributed by atoms with Crippen molar-refractivity contribution in [2.24, 2.45) is 11.3 Å². The summed E-state index contributed by atoms with van der Waals surface area (Å²) >= 11 is 0. The van der Waals surface area contributed by atoms with Gasteiger partial charge in [0.1, 0.15) is 19.7 Å². The highest BCUT2D eigenvalue weighted by Crippen LogP contribution is 2.38. The van der Waals surface area contributed by atoms with Crippen LogP contribution < -0.4 is 5.32 Å². The number of nitrogens with one attached hydrogen (secondary N) is 1. The van der Waals surface area contributed by atoms with Gasteiger partial charge in [-0.25, -0.2) is 4.79 Å². The van der Waals surface area contributed by atoms with Gasteiger partial charge in [0.25, 0.3) is 0 Å². The summed E-state index contributed by atoms with van der Waals surface area (Å²) in [6.07, 6.45) is 1.77. The molecule has 1 unspecified atom stereocenters. The second-order valence-electron chi connectivity index (χ2n) is 7.44. The van der Waals surface area contributed by atoms with E-state index in [2.05, 4.69) is 29.4 Å². The molecule has 0 radical (unpaired) electrons. The Balaban J connectivity index is 0.000000181. The molecule has 3 fully saturated rings. The summed E-state index contributed by atoms with van der Waals surface area (Å²) in [5.41, 5.74) is 1.54. The van der Waals surface area contributed by atoms with Crippen molar-refractivity contribution in [2.75, 3.05) is 46.9 Å². The molecule has 7 heteroatoms. The summed E-state index contributed by atoms with van der Waals surface area (Å²) in [5.74, 6) is 0.263. The molecule has 27 heavy (non-hydrogen) atoms. The zero-order chi connectivity index (χ0) is 19.9. The summed E-state index contributed by atoms with van der Waals surface area (Å²) in [6.45, 7) is 6.59. The average Bonchev–Trinajstić information content (AvgIpc) is 3.23. The molecule has 0 aromatic heterocycles. The lowest BCUT2D eigenvalue weighted by atomic mass is 9.72. The Labute approximate surface area is 160 Å². The van der Waals surface area contributed by atoms with Crippen LogP contribution in [0.3, 0.4) is 0 Å². The van der Waals surface area contributed by atoms with E-state index in [0.29, 0.717) is 12.0 Å². The molecule has 3 aliphatic rings. The maximum atomic E-state index is 11.1. The predicted molar refractivity (Wildman–Crippen MR) is 103 cm³/mol. The SMILES string of the molecule is C=O.CN1C(=O)OC[C@@H]1Cc1ccccc1.CN1CC2(CNCC2C=O)C1. The van der Waals surface area contributed by atoms with Crippen LogP contribution in [0.5, 0.6) is 0 Å². The molecule has 1 N–H and O–H groups in total. The Morgan fingerprint density at radius 2 is 1.93 bits per heavy atom. The van der Waals surface area contributed by atoms with Crippen LogP contribution in [0.2, 0.25) is 0 Å². The van der Waals surface area contributed by atoms with Crippen molar-refractivity contribution in [2.45, 2.75) is 12.5 Å². The number of rotatable bonds is 3. The average molecular weight is 375 g/mol. The van der Waals surface area contributed by atoms with Crippen molar-refractivity contribution >= 4 is 19.2 Å². The minimum atomic E-state index is -0.217. The maximum Gasteiger partial charge on any atom is 0.409 e. The molecular weight excluding hydrogens is 346 g/mol. The fourth-order valence-corrected chi connectivity index (χ4v) is 4.00. The first kappa shape index (κ1) is 21.1. The van der Waals surface area contributed by atoms with Crippen LogP contribution in [0.4, 0.5) is 4.79 Å². The quantitative estimate of drug-likeness (QED) is 0.789. The topological polar surface area (TPSA) is 79.0 Å². The molecule has 3 saturated heterocycles. The molecule has 1 amide bonds. The molecule has 1 aromatic rings. The molecule has 2 atom stereocenters. The van der Waals surface area contributed by atoms with Crippen molar-refractivity contribution in [1.29, 1.82) is 0 Å². The minimum absolute atomic E-state index is 0.185. The number of hydrogen-bond donors (Lipinski definition) is 1. The number of ether oxygens (including phenoxy) is 1. The Bertz CT molecular complexity index is 619. The first-order valence-corrected chi connectivity index (χ1v) is 9.11. The van der Waals surface area contributed by atoms with E-state index >= 15 is 0 Å². The zero-order valence-corrected chi connectivity index (χ0v) is 16.1. The molecule has 7 nitrogen and oxygen atoms in total. The Kier molecular flexibility index (Phi) is 7.50. The maximum absolute atomic E-state index is 11.1. The van der Waals surface area contributed by atoms with E-state index in [1.54, 1.807) is 11.9 Å². The van der Waals surface area contributed by atoms with Gasteiger partial charge in [-0.1, -0.05) is 30.3 Å². The minimum Gasteiger partial charge on any atom is -0.447 e. The summed E-state index contributed by atoms with van der Waals surface area (Å²) < 4.78 is 4.94. The van der Waals surface area contributed by atoms with Crippen LogP contribution in [0.1, 0.15) is 5.56 Å². The van der Waals surface area contributed by atoms with Crippen LogP contribution in [0.15, 0.2) is 30.3 Å². The number of benzene rings is 1. The Morgan fingerprint density at radius 1 is 1.26 bits per heavy atom. The summed E-state index contributed by atoms with van der Waals surface area (Å²) in [7, 11) is 3.88. The molecule has 3 aliphatic heterocycles. The van der Waals surface area contributed by atoms with E-state index < -0.39 is 0 Å². The third-order valence-electron chi connectivity index (χ3n) is 5.51. The number of carbonyl (C=O) groups is 3. The highest BCUT2D eigenvalue weighted by molar-refractivity contribution is 5.69. The second-order valence-corrected chi connectivity index (χ2v) is 7.44. The molecule has 4 rings (SSSR count). The summed E-state index contributed by atoms with van der Waals surface area (Å²) in [6, 6.07) is 10.3. The van der Waals surface area contributed by atoms with Crippen LogP contribution in [0, 0.1) is 11.3 Å². The van der Waals surface area contributed by atoms with Crippen molar-refractivity contribution in [3.8, 4) is 0 Å². The van der Waals surface area contributed by atoms with Gasteiger partial charge in [0.05, 0.1) is 6.04 Å². The van der Waals surface area contributed by atoms with Gasteiger partial charge in [-0.3, -0.25) is 0 Å². The molecule has 1 aromatic carbocycles. The fraction of sp³-hybridized carbons (Fsp3) is 0.550. The van der Waals surface area contributed by atoms with E-state index in [4.69, 9.17) is 9.53 Å². The van der Waals surface area contributed by atoms with Crippen LogP contribution >= 0.6 is 0 Å². The van der Waals surface area contributed by atoms with Crippen molar-refractivity contribution in [3.63, 3.8) is 0 Å². The van der Waals surface area contributed by atoms with Gasteiger partial charge < -0.3 is 29.4 Å². The molecule has 0 aliphatic carbocycles. The smallest absolute Gasteiger partial charge is 0.409 e. The van der Waals surface area contributed by atoms with Gasteiger partial charge in [-0.2, -0.15) is 0 Å². The Hall–Kier alpha value is -2.25. The van der Waals surface area contributed by atoms with Gasteiger partial charge in [0.2, 0.25) is 0 Å². The number of likely N-dealkylation sites (N-methyl/N-ethyl adjacent to an activating group) is 1. The lowest BCUT2D eigenvalue weighted by Gasteiger charge is -2.48. The third kappa shape index (κ3) is 4.93. The standard InChI is InChI=1S/C11H13NO2.C8H14N2O.CH2O/c1-12-10(8-14-11(12)13)7-9-5-3-2-4-6-9;1-10-5-8(6-10)4-9-2-7(8)3-11;1-2/h2-6,10H,7-8H2,1H3;3,7,9H,2,4-6H2,1H3;1H2/t10-;;/m0../s1. The number of amides is 1. The Morgan fingerprint density at radius 3 is 2.44 bits per heavy atom. The van der Waals surface area contributed by atoms with Crippen LogP contribution in [-0.2, 0) is 20.7 Å². The molecule has 148 valence electrons. The zero-order valence-electron chi connectivity index (χ0n) is 16.1. The van der Waals surface area contributed by atoms with Crippen molar-refractivity contribution in [1.82, 2.24) is 15.1 Å².